The Morgan fingerprint density at radius 2 is 2.17 bits per heavy atom. The minimum Gasteiger partial charge on any atom is -0.461 e. The smallest absolute Gasteiger partial charge is 0.358 e. The van der Waals surface area contributed by atoms with Gasteiger partial charge < -0.3 is 4.74 Å². The number of benzene rings is 1. The second-order valence-corrected chi connectivity index (χ2v) is 5.43. The fourth-order valence-corrected chi connectivity index (χ4v) is 2.70. The van der Waals surface area contributed by atoms with Crippen LogP contribution in [0.3, 0.4) is 0 Å². The number of esters is 1. The molecule has 0 spiro atoms. The van der Waals surface area contributed by atoms with Gasteiger partial charge in [-0.25, -0.2) is 9.18 Å². The topological polar surface area (TPSA) is 57.0 Å². The van der Waals surface area contributed by atoms with Crippen molar-refractivity contribution < 1.29 is 13.9 Å². The third-order valence-corrected chi connectivity index (χ3v) is 3.80. The molecule has 0 fully saturated rings. The van der Waals surface area contributed by atoms with E-state index in [1.165, 1.54) is 17.6 Å². The lowest BCUT2D eigenvalue weighted by Crippen LogP contribution is -2.09. The summed E-state index contributed by atoms with van der Waals surface area (Å²) < 4.78 is 24.7. The number of carbonyl (C=O) groups excluding carboxylic acids is 1. The Hall–Kier alpha value is -2.54. The predicted molar refractivity (Wildman–Crippen MR) is 84.8 cm³/mol. The Morgan fingerprint density at radius 3 is 2.87 bits per heavy atom. The third kappa shape index (κ3) is 3.29. The van der Waals surface area contributed by atoms with Crippen LogP contribution in [0.1, 0.15) is 23.0 Å². The highest BCUT2D eigenvalue weighted by Gasteiger charge is 2.18. The molecule has 5 nitrogen and oxygen atoms in total. The van der Waals surface area contributed by atoms with Gasteiger partial charge in [-0.1, -0.05) is 18.2 Å². The lowest BCUT2D eigenvalue weighted by Gasteiger charge is -2.06. The lowest BCUT2D eigenvalue weighted by molar-refractivity contribution is 0.0518. The van der Waals surface area contributed by atoms with E-state index in [0.29, 0.717) is 17.0 Å². The summed E-state index contributed by atoms with van der Waals surface area (Å²) >= 11 is 1.30. The van der Waals surface area contributed by atoms with E-state index in [2.05, 4.69) is 9.47 Å². The average Bonchev–Trinajstić information content (AvgIpc) is 3.19. The first-order chi connectivity index (χ1) is 11.2. The first-order valence-electron chi connectivity index (χ1n) is 7.08. The molecule has 0 N–H and O–H groups in total. The van der Waals surface area contributed by atoms with E-state index in [1.807, 2.05) is 11.4 Å². The molecule has 0 atom stereocenters. The van der Waals surface area contributed by atoms with E-state index in [9.17, 15) is 9.18 Å². The number of nitrogens with zero attached hydrogens (tertiary/aromatic N) is 3. The number of hydrogen-bond donors (Lipinski definition) is 0. The van der Waals surface area contributed by atoms with Gasteiger partial charge in [0.25, 0.3) is 0 Å². The maximum Gasteiger partial charge on any atom is 0.358 e. The van der Waals surface area contributed by atoms with Crippen LogP contribution in [-0.4, -0.2) is 26.7 Å². The lowest BCUT2D eigenvalue weighted by atomic mass is 10.2. The summed E-state index contributed by atoms with van der Waals surface area (Å²) in [4.78, 5) is 11.9. The Morgan fingerprint density at radius 1 is 1.35 bits per heavy atom. The standard InChI is InChI=1S/C16H14FN3O2S/c1-2-22-16(21)14-9-15(13-7-8-23-19-13)20(18-14)10-11-5-3-4-6-12(11)17/h3-9H,2,10H2,1H3. The van der Waals surface area contributed by atoms with Gasteiger partial charge in [-0.3, -0.25) is 4.68 Å². The van der Waals surface area contributed by atoms with Crippen molar-refractivity contribution in [3.8, 4) is 11.4 Å². The highest BCUT2D eigenvalue weighted by Crippen LogP contribution is 2.22. The summed E-state index contributed by atoms with van der Waals surface area (Å²) in [7, 11) is 0. The van der Waals surface area contributed by atoms with Crippen LogP contribution in [0.4, 0.5) is 4.39 Å². The minimum absolute atomic E-state index is 0.186. The van der Waals surface area contributed by atoms with E-state index in [4.69, 9.17) is 4.74 Å². The number of rotatable bonds is 5. The van der Waals surface area contributed by atoms with Gasteiger partial charge in [-0.2, -0.15) is 9.47 Å². The first kappa shape index (κ1) is 15.4. The van der Waals surface area contributed by atoms with Gasteiger partial charge in [0.1, 0.15) is 11.5 Å². The Bertz CT molecular complexity index is 815. The molecule has 3 aromatic rings. The van der Waals surface area contributed by atoms with Crippen molar-refractivity contribution in [1.29, 1.82) is 0 Å². The average molecular weight is 331 g/mol. The van der Waals surface area contributed by atoms with Crippen LogP contribution in [0.2, 0.25) is 0 Å². The van der Waals surface area contributed by atoms with Crippen LogP contribution in [0.15, 0.2) is 41.8 Å². The van der Waals surface area contributed by atoms with Crippen LogP contribution in [0.5, 0.6) is 0 Å². The van der Waals surface area contributed by atoms with Gasteiger partial charge >= 0.3 is 5.97 Å². The maximum absolute atomic E-state index is 13.9. The van der Waals surface area contributed by atoms with Crippen LogP contribution in [0, 0.1) is 5.82 Å². The van der Waals surface area contributed by atoms with Gasteiger partial charge in [0.2, 0.25) is 0 Å². The van der Waals surface area contributed by atoms with Crippen molar-refractivity contribution in [2.75, 3.05) is 6.61 Å². The maximum atomic E-state index is 13.9. The molecule has 0 aliphatic carbocycles. The molecule has 23 heavy (non-hydrogen) atoms. The van der Waals surface area contributed by atoms with Crippen LogP contribution >= 0.6 is 11.5 Å². The van der Waals surface area contributed by atoms with Gasteiger partial charge in [-0.05, 0) is 30.6 Å². The molecule has 0 aliphatic rings. The molecule has 0 saturated heterocycles. The highest BCUT2D eigenvalue weighted by atomic mass is 32.1. The Kier molecular flexibility index (Phi) is 4.47. The van der Waals surface area contributed by atoms with Crippen LogP contribution in [0.25, 0.3) is 11.4 Å². The summed E-state index contributed by atoms with van der Waals surface area (Å²) in [6.07, 6.45) is 0. The van der Waals surface area contributed by atoms with E-state index >= 15 is 0 Å². The molecular weight excluding hydrogens is 317 g/mol. The number of halogens is 1. The number of aromatic nitrogens is 3. The van der Waals surface area contributed by atoms with Crippen molar-refractivity contribution in [1.82, 2.24) is 14.2 Å². The molecule has 3 rings (SSSR count). The summed E-state index contributed by atoms with van der Waals surface area (Å²) in [5, 5.41) is 6.09. The molecular formula is C16H14FN3O2S. The summed E-state index contributed by atoms with van der Waals surface area (Å²) in [5.41, 5.74) is 2.01. The van der Waals surface area contributed by atoms with Crippen molar-refractivity contribution in [2.45, 2.75) is 13.5 Å². The molecule has 0 aliphatic heterocycles. The molecule has 2 aromatic heterocycles. The molecule has 0 radical (unpaired) electrons. The Labute approximate surface area is 136 Å². The van der Waals surface area contributed by atoms with E-state index < -0.39 is 5.97 Å². The monoisotopic (exact) mass is 331 g/mol. The largest absolute Gasteiger partial charge is 0.461 e. The summed E-state index contributed by atoms with van der Waals surface area (Å²) in [6.45, 7) is 2.21. The molecule has 7 heteroatoms. The van der Waals surface area contributed by atoms with Gasteiger partial charge in [0.15, 0.2) is 5.69 Å². The summed E-state index contributed by atoms with van der Waals surface area (Å²) in [6, 6.07) is 9.92. The number of hydrogen-bond acceptors (Lipinski definition) is 5. The first-order valence-corrected chi connectivity index (χ1v) is 7.92. The fraction of sp³-hybridized carbons (Fsp3) is 0.188. The van der Waals surface area contributed by atoms with Crippen molar-refractivity contribution in [3.05, 3.63) is 58.9 Å². The van der Waals surface area contributed by atoms with E-state index in [-0.39, 0.29) is 24.7 Å². The van der Waals surface area contributed by atoms with Crippen molar-refractivity contribution in [3.63, 3.8) is 0 Å². The highest BCUT2D eigenvalue weighted by molar-refractivity contribution is 7.03. The SMILES string of the molecule is CCOC(=O)c1cc(-c2ccsn2)n(Cc2ccccc2F)n1. The quantitative estimate of drug-likeness (QED) is 0.673. The molecule has 1 aromatic carbocycles. The minimum atomic E-state index is -0.503. The van der Waals surface area contributed by atoms with E-state index in [0.717, 1.165) is 0 Å². The Balaban J connectivity index is 2.00. The predicted octanol–water partition coefficient (Wildman–Crippen LogP) is 3.37. The number of carbonyl (C=O) groups is 1. The molecule has 0 saturated carbocycles. The molecule has 2 heterocycles. The molecule has 0 amide bonds. The van der Waals surface area contributed by atoms with Gasteiger partial charge in [-0.15, -0.1) is 0 Å². The van der Waals surface area contributed by atoms with E-state index in [1.54, 1.807) is 35.9 Å². The molecule has 0 bridgehead atoms. The second-order valence-electron chi connectivity index (χ2n) is 4.77. The van der Waals surface area contributed by atoms with Crippen LogP contribution in [-0.2, 0) is 11.3 Å². The fourth-order valence-electron chi connectivity index (χ4n) is 2.18. The van der Waals surface area contributed by atoms with Gasteiger partial charge in [0.05, 0.1) is 18.8 Å². The molecule has 118 valence electrons. The second kappa shape index (κ2) is 6.70. The zero-order valence-corrected chi connectivity index (χ0v) is 13.2. The van der Waals surface area contributed by atoms with Crippen molar-refractivity contribution in [2.24, 2.45) is 0 Å². The van der Waals surface area contributed by atoms with Crippen LogP contribution < -0.4 is 0 Å². The normalized spacial score (nSPS) is 10.7. The molecule has 0 unspecified atom stereocenters. The number of ether oxygens (including phenoxy) is 1. The zero-order chi connectivity index (χ0) is 16.2. The van der Waals surface area contributed by atoms with Gasteiger partial charge in [0, 0.05) is 17.0 Å². The van der Waals surface area contributed by atoms with Crippen molar-refractivity contribution >= 4 is 17.5 Å². The summed E-state index contributed by atoms with van der Waals surface area (Å²) in [5.74, 6) is -0.818. The third-order valence-electron chi connectivity index (χ3n) is 3.24. The zero-order valence-electron chi connectivity index (χ0n) is 12.4.